The second kappa shape index (κ2) is 6.99. The Morgan fingerprint density at radius 3 is 2.40 bits per heavy atom. The summed E-state index contributed by atoms with van der Waals surface area (Å²) < 4.78 is 13.5. The second-order valence-corrected chi connectivity index (χ2v) is 5.59. The van der Waals surface area contributed by atoms with Crippen molar-refractivity contribution in [1.29, 1.82) is 0 Å². The minimum absolute atomic E-state index is 0.187. The number of carbonyl (C=O) groups excluding carboxylic acids is 1. The normalized spacial score (nSPS) is 10.3. The predicted octanol–water partition coefficient (Wildman–Crippen LogP) is 4.41. The number of rotatable bonds is 4. The monoisotopic (exact) mass is 399 g/mol. The highest BCUT2D eigenvalue weighted by atomic mass is 79.9. The molecule has 5 heteroatoms. The van der Waals surface area contributed by atoms with E-state index in [1.807, 2.05) is 24.3 Å². The van der Waals surface area contributed by atoms with Crippen LogP contribution in [0.3, 0.4) is 0 Å². The molecule has 0 spiro atoms. The number of carbonyl (C=O) groups is 1. The Balaban J connectivity index is 2.02. The first kappa shape index (κ1) is 15.2. The van der Waals surface area contributed by atoms with Gasteiger partial charge in [0.2, 0.25) is 0 Å². The molecule has 2 rings (SSSR count). The molecule has 2 aromatic carbocycles. The summed E-state index contributed by atoms with van der Waals surface area (Å²) in [7, 11) is 0. The third-order valence-corrected chi connectivity index (χ3v) is 4.28. The SMILES string of the molecule is O=C(NCc1ccc(CBr)cc1)c1cccc(F)c1Br. The molecule has 1 N–H and O–H groups in total. The van der Waals surface area contributed by atoms with Gasteiger partial charge in [-0.25, -0.2) is 4.39 Å². The van der Waals surface area contributed by atoms with Gasteiger partial charge >= 0.3 is 0 Å². The number of amides is 1. The van der Waals surface area contributed by atoms with E-state index < -0.39 is 5.82 Å². The molecule has 0 saturated heterocycles. The molecule has 0 saturated carbocycles. The molecule has 0 radical (unpaired) electrons. The number of alkyl halides is 1. The van der Waals surface area contributed by atoms with Crippen molar-refractivity contribution in [3.8, 4) is 0 Å². The first-order chi connectivity index (χ1) is 9.61. The number of benzene rings is 2. The highest BCUT2D eigenvalue weighted by Gasteiger charge is 2.12. The maximum absolute atomic E-state index is 13.4. The van der Waals surface area contributed by atoms with Crippen LogP contribution in [-0.4, -0.2) is 5.91 Å². The van der Waals surface area contributed by atoms with Crippen LogP contribution in [0.4, 0.5) is 4.39 Å². The fourth-order valence-corrected chi connectivity index (χ4v) is 2.52. The first-order valence-electron chi connectivity index (χ1n) is 5.98. The van der Waals surface area contributed by atoms with E-state index in [0.717, 1.165) is 10.9 Å². The third kappa shape index (κ3) is 3.67. The van der Waals surface area contributed by atoms with Crippen LogP contribution in [0.1, 0.15) is 21.5 Å². The Hall–Kier alpha value is -1.20. The fourth-order valence-electron chi connectivity index (χ4n) is 1.70. The largest absolute Gasteiger partial charge is 0.348 e. The minimum Gasteiger partial charge on any atom is -0.348 e. The minimum atomic E-state index is -0.445. The van der Waals surface area contributed by atoms with Crippen LogP contribution < -0.4 is 5.32 Å². The van der Waals surface area contributed by atoms with Crippen LogP contribution in [0.25, 0.3) is 0 Å². The van der Waals surface area contributed by atoms with Crippen molar-refractivity contribution in [2.75, 3.05) is 0 Å². The molecule has 0 aromatic heterocycles. The van der Waals surface area contributed by atoms with E-state index in [9.17, 15) is 9.18 Å². The molecule has 0 aliphatic heterocycles. The van der Waals surface area contributed by atoms with E-state index in [4.69, 9.17) is 0 Å². The zero-order valence-electron chi connectivity index (χ0n) is 10.5. The van der Waals surface area contributed by atoms with E-state index in [1.165, 1.54) is 17.7 Å². The van der Waals surface area contributed by atoms with Crippen molar-refractivity contribution in [1.82, 2.24) is 5.32 Å². The van der Waals surface area contributed by atoms with Gasteiger partial charge in [-0.05, 0) is 39.2 Å². The molecule has 0 unspecified atom stereocenters. The summed E-state index contributed by atoms with van der Waals surface area (Å²) in [6, 6.07) is 12.3. The van der Waals surface area contributed by atoms with Gasteiger partial charge in [-0.3, -0.25) is 4.79 Å². The Morgan fingerprint density at radius 2 is 1.75 bits per heavy atom. The van der Waals surface area contributed by atoms with Gasteiger partial charge in [0.15, 0.2) is 0 Å². The van der Waals surface area contributed by atoms with Crippen LogP contribution >= 0.6 is 31.9 Å². The van der Waals surface area contributed by atoms with Gasteiger partial charge < -0.3 is 5.32 Å². The second-order valence-electron chi connectivity index (χ2n) is 4.23. The summed E-state index contributed by atoms with van der Waals surface area (Å²) in [6.45, 7) is 0.407. The smallest absolute Gasteiger partial charge is 0.252 e. The average Bonchev–Trinajstić information content (AvgIpc) is 2.48. The maximum atomic E-state index is 13.4. The Morgan fingerprint density at radius 1 is 1.10 bits per heavy atom. The molecule has 104 valence electrons. The van der Waals surface area contributed by atoms with Crippen molar-refractivity contribution in [3.05, 3.63) is 69.4 Å². The molecule has 2 aromatic rings. The first-order valence-corrected chi connectivity index (χ1v) is 7.89. The number of halogens is 3. The van der Waals surface area contributed by atoms with E-state index >= 15 is 0 Å². The van der Waals surface area contributed by atoms with Crippen molar-refractivity contribution in [3.63, 3.8) is 0 Å². The lowest BCUT2D eigenvalue weighted by atomic mass is 10.1. The van der Waals surface area contributed by atoms with Crippen molar-refractivity contribution in [2.45, 2.75) is 11.9 Å². The number of nitrogens with one attached hydrogen (secondary N) is 1. The van der Waals surface area contributed by atoms with Crippen LogP contribution in [-0.2, 0) is 11.9 Å². The zero-order valence-corrected chi connectivity index (χ0v) is 13.7. The summed E-state index contributed by atoms with van der Waals surface area (Å²) >= 11 is 6.46. The molecule has 0 aliphatic rings. The summed E-state index contributed by atoms with van der Waals surface area (Å²) in [5.41, 5.74) is 2.46. The van der Waals surface area contributed by atoms with Crippen molar-refractivity contribution < 1.29 is 9.18 Å². The van der Waals surface area contributed by atoms with Gasteiger partial charge in [0.25, 0.3) is 5.91 Å². The van der Waals surface area contributed by atoms with Crippen molar-refractivity contribution in [2.24, 2.45) is 0 Å². The van der Waals surface area contributed by atoms with E-state index in [-0.39, 0.29) is 10.4 Å². The van der Waals surface area contributed by atoms with Crippen LogP contribution in [0, 0.1) is 5.82 Å². The molecule has 0 fully saturated rings. The van der Waals surface area contributed by atoms with E-state index in [2.05, 4.69) is 37.2 Å². The molecule has 0 atom stereocenters. The van der Waals surface area contributed by atoms with Gasteiger partial charge in [-0.2, -0.15) is 0 Å². The molecular weight excluding hydrogens is 389 g/mol. The lowest BCUT2D eigenvalue weighted by molar-refractivity contribution is 0.0949. The third-order valence-electron chi connectivity index (χ3n) is 2.83. The number of hydrogen-bond donors (Lipinski definition) is 1. The summed E-state index contributed by atoms with van der Waals surface area (Å²) in [5.74, 6) is -0.750. The molecule has 0 bridgehead atoms. The molecule has 0 aliphatic carbocycles. The van der Waals surface area contributed by atoms with Gasteiger partial charge in [-0.15, -0.1) is 0 Å². The van der Waals surface area contributed by atoms with Crippen LogP contribution in [0.5, 0.6) is 0 Å². The van der Waals surface area contributed by atoms with Crippen LogP contribution in [0.15, 0.2) is 46.9 Å². The Bertz CT molecular complexity index is 614. The Kier molecular flexibility index (Phi) is 5.31. The fraction of sp³-hybridized carbons (Fsp3) is 0.133. The predicted molar refractivity (Wildman–Crippen MR) is 84.3 cm³/mol. The highest BCUT2D eigenvalue weighted by Crippen LogP contribution is 2.20. The summed E-state index contributed by atoms with van der Waals surface area (Å²) in [6.07, 6.45) is 0. The summed E-state index contributed by atoms with van der Waals surface area (Å²) in [4.78, 5) is 12.0. The Labute approximate surface area is 133 Å². The lowest BCUT2D eigenvalue weighted by Gasteiger charge is -2.08. The number of hydrogen-bond acceptors (Lipinski definition) is 1. The van der Waals surface area contributed by atoms with Gasteiger partial charge in [0.1, 0.15) is 5.82 Å². The van der Waals surface area contributed by atoms with Crippen LogP contribution in [0.2, 0.25) is 0 Å². The zero-order chi connectivity index (χ0) is 14.5. The lowest BCUT2D eigenvalue weighted by Crippen LogP contribution is -2.23. The molecule has 2 nitrogen and oxygen atoms in total. The van der Waals surface area contributed by atoms with Gasteiger partial charge in [0, 0.05) is 11.9 Å². The van der Waals surface area contributed by atoms with Gasteiger partial charge in [0.05, 0.1) is 10.0 Å². The highest BCUT2D eigenvalue weighted by molar-refractivity contribution is 9.10. The van der Waals surface area contributed by atoms with Gasteiger partial charge in [-0.1, -0.05) is 46.3 Å². The topological polar surface area (TPSA) is 29.1 Å². The average molecular weight is 401 g/mol. The van der Waals surface area contributed by atoms with E-state index in [1.54, 1.807) is 6.07 Å². The maximum Gasteiger partial charge on any atom is 0.252 e. The standard InChI is InChI=1S/C15H12Br2FNO/c16-8-10-4-6-11(7-5-10)9-19-15(20)12-2-1-3-13(18)14(12)17/h1-7H,8-9H2,(H,19,20). The molecule has 20 heavy (non-hydrogen) atoms. The quantitative estimate of drug-likeness (QED) is 0.756. The molecular formula is C15H12Br2FNO. The molecule has 1 amide bonds. The molecule has 0 heterocycles. The van der Waals surface area contributed by atoms with E-state index in [0.29, 0.717) is 12.1 Å². The summed E-state index contributed by atoms with van der Waals surface area (Å²) in [5, 5.41) is 3.57. The van der Waals surface area contributed by atoms with Crippen molar-refractivity contribution >= 4 is 37.8 Å².